The molecule has 0 aromatic heterocycles. The van der Waals surface area contributed by atoms with E-state index in [4.69, 9.17) is 9.47 Å². The van der Waals surface area contributed by atoms with Crippen molar-refractivity contribution in [2.45, 2.75) is 32.2 Å². The maximum atomic E-state index is 5.72. The lowest BCUT2D eigenvalue weighted by atomic mass is 10.2. The Hall–Kier alpha value is -1.26. The van der Waals surface area contributed by atoms with Crippen LogP contribution in [0.2, 0.25) is 0 Å². The van der Waals surface area contributed by atoms with E-state index in [1.54, 1.807) is 0 Å². The topological polar surface area (TPSA) is 33.7 Å². The van der Waals surface area contributed by atoms with Gasteiger partial charge in [-0.05, 0) is 63.1 Å². The molecule has 0 bridgehead atoms. The van der Waals surface area contributed by atoms with Crippen LogP contribution in [0, 0.1) is 0 Å². The molecule has 0 radical (unpaired) electrons. The number of nitrogens with zero attached hydrogens (tertiary/aromatic N) is 1. The molecule has 116 valence electrons. The van der Waals surface area contributed by atoms with Crippen LogP contribution in [0.15, 0.2) is 18.2 Å². The molecule has 3 rings (SSSR count). The van der Waals surface area contributed by atoms with Crippen LogP contribution in [0.3, 0.4) is 0 Å². The van der Waals surface area contributed by atoms with Gasteiger partial charge < -0.3 is 19.7 Å². The van der Waals surface area contributed by atoms with Crippen LogP contribution < -0.4 is 14.8 Å². The van der Waals surface area contributed by atoms with E-state index >= 15 is 0 Å². The molecular weight excluding hydrogens is 264 g/mol. The van der Waals surface area contributed by atoms with Gasteiger partial charge in [0.15, 0.2) is 11.5 Å². The first kappa shape index (κ1) is 14.7. The molecule has 2 aliphatic rings. The van der Waals surface area contributed by atoms with Crippen molar-refractivity contribution in [3.8, 4) is 11.5 Å². The van der Waals surface area contributed by atoms with Gasteiger partial charge >= 0.3 is 0 Å². The van der Waals surface area contributed by atoms with Gasteiger partial charge in [-0.15, -0.1) is 0 Å². The Labute approximate surface area is 127 Å². The molecule has 2 aliphatic heterocycles. The largest absolute Gasteiger partial charge is 0.490 e. The summed E-state index contributed by atoms with van der Waals surface area (Å²) in [5, 5.41) is 3.53. The minimum Gasteiger partial charge on any atom is -0.490 e. The van der Waals surface area contributed by atoms with Gasteiger partial charge in [0, 0.05) is 13.0 Å². The molecule has 21 heavy (non-hydrogen) atoms. The van der Waals surface area contributed by atoms with Crippen molar-refractivity contribution in [2.75, 3.05) is 39.4 Å². The third-order valence-electron chi connectivity index (χ3n) is 4.17. The molecule has 0 atom stereocenters. The summed E-state index contributed by atoms with van der Waals surface area (Å²) < 4.78 is 11.4. The van der Waals surface area contributed by atoms with Crippen molar-refractivity contribution in [1.82, 2.24) is 10.2 Å². The van der Waals surface area contributed by atoms with Gasteiger partial charge in [0.1, 0.15) is 0 Å². The van der Waals surface area contributed by atoms with Crippen LogP contribution in [-0.2, 0) is 6.54 Å². The Kier molecular flexibility index (Phi) is 5.35. The number of hydrogen-bond acceptors (Lipinski definition) is 4. The summed E-state index contributed by atoms with van der Waals surface area (Å²) in [6, 6.07) is 6.26. The summed E-state index contributed by atoms with van der Waals surface area (Å²) in [5.41, 5.74) is 1.26. The van der Waals surface area contributed by atoms with E-state index in [0.29, 0.717) is 0 Å². The maximum Gasteiger partial charge on any atom is 0.161 e. The lowest BCUT2D eigenvalue weighted by molar-refractivity contribution is 0.297. The number of rotatable bonds is 6. The molecule has 1 fully saturated rings. The van der Waals surface area contributed by atoms with Gasteiger partial charge in [-0.3, -0.25) is 0 Å². The van der Waals surface area contributed by atoms with Crippen molar-refractivity contribution >= 4 is 0 Å². The molecule has 1 aromatic carbocycles. The number of likely N-dealkylation sites (tertiary alicyclic amines) is 1. The fourth-order valence-corrected chi connectivity index (χ4v) is 2.98. The lowest BCUT2D eigenvalue weighted by Gasteiger charge is -2.14. The predicted octanol–water partition coefficient (Wildman–Crippen LogP) is 2.42. The third-order valence-corrected chi connectivity index (χ3v) is 4.17. The standard InChI is InChI=1S/C17H26N2O2/c1-2-9-19(8-1)10-3-7-18-14-15-5-6-16-17(13-15)21-12-4-11-20-16/h5-6,13,18H,1-4,7-12,14H2. The van der Waals surface area contributed by atoms with Crippen molar-refractivity contribution in [2.24, 2.45) is 0 Å². The zero-order valence-corrected chi connectivity index (χ0v) is 12.8. The van der Waals surface area contributed by atoms with Gasteiger partial charge in [-0.25, -0.2) is 0 Å². The van der Waals surface area contributed by atoms with Gasteiger partial charge in [0.2, 0.25) is 0 Å². The summed E-state index contributed by atoms with van der Waals surface area (Å²) in [6.07, 6.45) is 4.94. The number of fused-ring (bicyclic) bond motifs is 1. The smallest absolute Gasteiger partial charge is 0.161 e. The molecule has 0 aliphatic carbocycles. The molecule has 0 unspecified atom stereocenters. The van der Waals surface area contributed by atoms with Crippen molar-refractivity contribution in [3.05, 3.63) is 23.8 Å². The Morgan fingerprint density at radius 3 is 2.67 bits per heavy atom. The third kappa shape index (κ3) is 4.35. The molecule has 4 heteroatoms. The Morgan fingerprint density at radius 2 is 1.81 bits per heavy atom. The van der Waals surface area contributed by atoms with Crippen molar-refractivity contribution < 1.29 is 9.47 Å². The highest BCUT2D eigenvalue weighted by atomic mass is 16.5. The van der Waals surface area contributed by atoms with Crippen LogP contribution >= 0.6 is 0 Å². The summed E-state index contributed by atoms with van der Waals surface area (Å²) in [7, 11) is 0. The van der Waals surface area contributed by atoms with Crippen LogP contribution in [0.25, 0.3) is 0 Å². The van der Waals surface area contributed by atoms with Crippen molar-refractivity contribution in [3.63, 3.8) is 0 Å². The molecule has 2 heterocycles. The Bertz CT molecular complexity index is 444. The van der Waals surface area contributed by atoms with E-state index in [9.17, 15) is 0 Å². The summed E-state index contributed by atoms with van der Waals surface area (Å²) in [4.78, 5) is 2.56. The summed E-state index contributed by atoms with van der Waals surface area (Å²) >= 11 is 0. The second-order valence-electron chi connectivity index (χ2n) is 5.91. The predicted molar refractivity (Wildman–Crippen MR) is 84.0 cm³/mol. The second-order valence-corrected chi connectivity index (χ2v) is 5.91. The minimum absolute atomic E-state index is 0.750. The fraction of sp³-hybridized carbons (Fsp3) is 0.647. The quantitative estimate of drug-likeness (QED) is 0.816. The van der Waals surface area contributed by atoms with Crippen LogP contribution in [0.4, 0.5) is 0 Å². The maximum absolute atomic E-state index is 5.72. The van der Waals surface area contributed by atoms with E-state index in [1.165, 1.54) is 44.5 Å². The number of nitrogens with one attached hydrogen (secondary N) is 1. The first-order valence-corrected chi connectivity index (χ1v) is 8.23. The normalized spacial score (nSPS) is 18.7. The van der Waals surface area contributed by atoms with Crippen LogP contribution in [-0.4, -0.2) is 44.3 Å². The molecule has 1 saturated heterocycles. The second kappa shape index (κ2) is 7.66. The summed E-state index contributed by atoms with van der Waals surface area (Å²) in [5.74, 6) is 1.77. The zero-order chi connectivity index (χ0) is 14.3. The molecule has 1 N–H and O–H groups in total. The first-order chi connectivity index (χ1) is 10.4. The molecule has 0 spiro atoms. The highest BCUT2D eigenvalue weighted by molar-refractivity contribution is 5.43. The zero-order valence-electron chi connectivity index (χ0n) is 12.8. The molecule has 4 nitrogen and oxygen atoms in total. The van der Waals surface area contributed by atoms with Crippen LogP contribution in [0.1, 0.15) is 31.2 Å². The van der Waals surface area contributed by atoms with E-state index in [2.05, 4.69) is 22.3 Å². The van der Waals surface area contributed by atoms with Crippen molar-refractivity contribution in [1.29, 1.82) is 0 Å². The van der Waals surface area contributed by atoms with Gasteiger partial charge in [0.05, 0.1) is 13.2 Å². The highest BCUT2D eigenvalue weighted by Gasteiger charge is 2.11. The molecule has 0 amide bonds. The monoisotopic (exact) mass is 290 g/mol. The summed E-state index contributed by atoms with van der Waals surface area (Å²) in [6.45, 7) is 7.29. The van der Waals surface area contributed by atoms with Gasteiger partial charge in [-0.2, -0.15) is 0 Å². The van der Waals surface area contributed by atoms with E-state index in [1.807, 2.05) is 6.07 Å². The molecule has 0 saturated carbocycles. The lowest BCUT2D eigenvalue weighted by Crippen LogP contribution is -2.24. The van der Waals surface area contributed by atoms with E-state index in [0.717, 1.165) is 44.2 Å². The van der Waals surface area contributed by atoms with E-state index in [-0.39, 0.29) is 0 Å². The average Bonchev–Trinajstić information content (AvgIpc) is 2.91. The van der Waals surface area contributed by atoms with E-state index < -0.39 is 0 Å². The van der Waals surface area contributed by atoms with Gasteiger partial charge in [0.25, 0.3) is 0 Å². The molecule has 1 aromatic rings. The molecular formula is C17H26N2O2. The first-order valence-electron chi connectivity index (χ1n) is 8.23. The Morgan fingerprint density at radius 1 is 1.00 bits per heavy atom. The Balaban J connectivity index is 1.39. The highest BCUT2D eigenvalue weighted by Crippen LogP contribution is 2.30. The van der Waals surface area contributed by atoms with Crippen LogP contribution in [0.5, 0.6) is 11.5 Å². The number of ether oxygens (including phenoxy) is 2. The average molecular weight is 290 g/mol. The van der Waals surface area contributed by atoms with Gasteiger partial charge in [-0.1, -0.05) is 6.07 Å². The minimum atomic E-state index is 0.750. The number of hydrogen-bond donors (Lipinski definition) is 1. The number of benzene rings is 1. The SMILES string of the molecule is c1cc2c(cc1CNCCCN1CCCC1)OCCCO2. The fourth-order valence-electron chi connectivity index (χ4n) is 2.98.